The molecule has 1 N–H and O–H groups in total. The van der Waals surface area contributed by atoms with Gasteiger partial charge in [-0.2, -0.15) is 0 Å². The van der Waals surface area contributed by atoms with Crippen LogP contribution in [0.2, 0.25) is 0 Å². The first-order chi connectivity index (χ1) is 12.8. The van der Waals surface area contributed by atoms with Gasteiger partial charge in [-0.1, -0.05) is 78.9 Å². The third-order valence-corrected chi connectivity index (χ3v) is 5.76. The summed E-state index contributed by atoms with van der Waals surface area (Å²) >= 11 is 0. The van der Waals surface area contributed by atoms with E-state index in [9.17, 15) is 0 Å². The fourth-order valence-electron chi connectivity index (χ4n) is 4.27. The predicted octanol–water partition coefficient (Wildman–Crippen LogP) is 5.63. The smallest absolute Gasteiger partial charge is 0.0357 e. The van der Waals surface area contributed by atoms with Gasteiger partial charge in [0.2, 0.25) is 0 Å². The topological polar surface area (TPSA) is 12.0 Å². The van der Waals surface area contributed by atoms with Crippen molar-refractivity contribution in [3.05, 3.63) is 107 Å². The van der Waals surface area contributed by atoms with Crippen LogP contribution in [0.25, 0.3) is 0 Å². The zero-order valence-corrected chi connectivity index (χ0v) is 15.5. The maximum Gasteiger partial charge on any atom is 0.0357 e. The van der Waals surface area contributed by atoms with Crippen molar-refractivity contribution in [1.82, 2.24) is 5.32 Å². The van der Waals surface area contributed by atoms with Gasteiger partial charge in [-0.3, -0.25) is 0 Å². The summed E-state index contributed by atoms with van der Waals surface area (Å²) in [7, 11) is 0. The second kappa shape index (κ2) is 7.88. The first kappa shape index (κ1) is 17.1. The van der Waals surface area contributed by atoms with Crippen LogP contribution in [0, 0.1) is 12.8 Å². The molecule has 0 saturated carbocycles. The van der Waals surface area contributed by atoms with Gasteiger partial charge in [0.1, 0.15) is 0 Å². The lowest BCUT2D eigenvalue weighted by Gasteiger charge is -2.35. The van der Waals surface area contributed by atoms with E-state index in [2.05, 4.69) is 91.1 Å². The maximum atomic E-state index is 3.88. The van der Waals surface area contributed by atoms with E-state index in [1.165, 1.54) is 40.7 Å². The Morgan fingerprint density at radius 2 is 1.58 bits per heavy atom. The summed E-state index contributed by atoms with van der Waals surface area (Å²) in [4.78, 5) is 0. The predicted molar refractivity (Wildman–Crippen MR) is 109 cm³/mol. The van der Waals surface area contributed by atoms with Crippen molar-refractivity contribution >= 4 is 0 Å². The number of hydrogen-bond donors (Lipinski definition) is 1. The van der Waals surface area contributed by atoms with E-state index in [0.717, 1.165) is 13.0 Å². The van der Waals surface area contributed by atoms with Gasteiger partial charge >= 0.3 is 0 Å². The van der Waals surface area contributed by atoms with Gasteiger partial charge in [-0.05, 0) is 59.9 Å². The molecule has 0 amide bonds. The molecule has 4 rings (SSSR count). The normalized spacial score (nSPS) is 19.1. The average molecular weight is 341 g/mol. The van der Waals surface area contributed by atoms with E-state index in [1.54, 1.807) is 0 Å². The molecule has 0 aliphatic heterocycles. The zero-order valence-electron chi connectivity index (χ0n) is 15.5. The van der Waals surface area contributed by atoms with E-state index in [0.29, 0.717) is 12.0 Å². The molecule has 0 heterocycles. The van der Waals surface area contributed by atoms with E-state index in [1.807, 2.05) is 0 Å². The fraction of sp³-hybridized carbons (Fsp3) is 0.280. The molecule has 0 bridgehead atoms. The van der Waals surface area contributed by atoms with Crippen molar-refractivity contribution in [2.45, 2.75) is 38.8 Å². The van der Waals surface area contributed by atoms with Crippen molar-refractivity contribution in [3.63, 3.8) is 0 Å². The molecule has 132 valence electrons. The van der Waals surface area contributed by atoms with Gasteiger partial charge in [-0.25, -0.2) is 0 Å². The molecule has 0 aromatic heterocycles. The summed E-state index contributed by atoms with van der Waals surface area (Å²) < 4.78 is 0. The maximum absolute atomic E-state index is 3.88. The Morgan fingerprint density at radius 1 is 0.846 bits per heavy atom. The lowest BCUT2D eigenvalue weighted by Crippen LogP contribution is -2.33. The molecule has 1 heteroatoms. The molecule has 0 saturated heterocycles. The fourth-order valence-corrected chi connectivity index (χ4v) is 4.27. The summed E-state index contributed by atoms with van der Waals surface area (Å²) in [5.41, 5.74) is 7.26. The highest BCUT2D eigenvalue weighted by molar-refractivity contribution is 5.35. The highest BCUT2D eigenvalue weighted by Crippen LogP contribution is 2.37. The molecule has 2 unspecified atom stereocenters. The van der Waals surface area contributed by atoms with Crippen LogP contribution in [0.15, 0.2) is 78.9 Å². The first-order valence-electron chi connectivity index (χ1n) is 9.71. The van der Waals surface area contributed by atoms with Crippen molar-refractivity contribution in [2.24, 2.45) is 5.92 Å². The van der Waals surface area contributed by atoms with Gasteiger partial charge < -0.3 is 5.32 Å². The lowest BCUT2D eigenvalue weighted by atomic mass is 9.76. The summed E-state index contributed by atoms with van der Waals surface area (Å²) in [6.07, 6.45) is 3.58. The van der Waals surface area contributed by atoms with Gasteiger partial charge in [0.15, 0.2) is 0 Å². The summed E-state index contributed by atoms with van der Waals surface area (Å²) in [6, 6.07) is 29.0. The van der Waals surface area contributed by atoms with Crippen molar-refractivity contribution in [2.75, 3.05) is 0 Å². The van der Waals surface area contributed by atoms with E-state index in [-0.39, 0.29) is 0 Å². The molecule has 0 radical (unpaired) electrons. The Balaban J connectivity index is 1.59. The van der Waals surface area contributed by atoms with E-state index < -0.39 is 0 Å². The standard InChI is InChI=1S/C25H27N/c1-19-9-5-6-13-22(19)17-23-16-15-21-12-7-8-14-24(21)25(23)26-18-20-10-3-2-4-11-20/h2-14,23,25-26H,15-18H2,1H3. The molecule has 1 nitrogen and oxygen atoms in total. The minimum Gasteiger partial charge on any atom is -0.306 e. The number of benzene rings is 3. The molecule has 1 aliphatic rings. The van der Waals surface area contributed by atoms with Crippen molar-refractivity contribution in [3.8, 4) is 0 Å². The van der Waals surface area contributed by atoms with E-state index in [4.69, 9.17) is 0 Å². The summed E-state index contributed by atoms with van der Waals surface area (Å²) in [5, 5.41) is 3.88. The highest BCUT2D eigenvalue weighted by atomic mass is 14.9. The minimum atomic E-state index is 0.416. The largest absolute Gasteiger partial charge is 0.306 e. The van der Waals surface area contributed by atoms with Crippen LogP contribution in [0.1, 0.15) is 40.3 Å². The Hall–Kier alpha value is -2.38. The molecule has 26 heavy (non-hydrogen) atoms. The second-order valence-electron chi connectivity index (χ2n) is 7.47. The van der Waals surface area contributed by atoms with E-state index >= 15 is 0 Å². The van der Waals surface area contributed by atoms with Crippen LogP contribution < -0.4 is 5.32 Å². The van der Waals surface area contributed by atoms with Gasteiger partial charge in [0.25, 0.3) is 0 Å². The van der Waals surface area contributed by atoms with Crippen molar-refractivity contribution in [1.29, 1.82) is 0 Å². The highest BCUT2D eigenvalue weighted by Gasteiger charge is 2.29. The molecular weight excluding hydrogens is 314 g/mol. The first-order valence-corrected chi connectivity index (χ1v) is 9.71. The molecule has 2 atom stereocenters. The van der Waals surface area contributed by atoms with Crippen LogP contribution in [0.5, 0.6) is 0 Å². The minimum absolute atomic E-state index is 0.416. The van der Waals surface area contributed by atoms with Crippen LogP contribution in [0.3, 0.4) is 0 Å². The van der Waals surface area contributed by atoms with Gasteiger partial charge in [-0.15, -0.1) is 0 Å². The number of nitrogens with one attached hydrogen (secondary N) is 1. The number of aryl methyl sites for hydroxylation is 2. The molecule has 0 fully saturated rings. The Bertz CT molecular complexity index is 853. The van der Waals surface area contributed by atoms with Crippen LogP contribution in [-0.2, 0) is 19.4 Å². The summed E-state index contributed by atoms with van der Waals surface area (Å²) in [5.74, 6) is 0.634. The Morgan fingerprint density at radius 3 is 2.42 bits per heavy atom. The van der Waals surface area contributed by atoms with Crippen molar-refractivity contribution < 1.29 is 0 Å². The third kappa shape index (κ3) is 3.73. The Labute approximate surface area is 157 Å². The number of rotatable bonds is 5. The number of hydrogen-bond acceptors (Lipinski definition) is 1. The van der Waals surface area contributed by atoms with Crippen LogP contribution >= 0.6 is 0 Å². The van der Waals surface area contributed by atoms with Gasteiger partial charge in [0, 0.05) is 12.6 Å². The average Bonchev–Trinajstić information content (AvgIpc) is 2.69. The molecule has 1 aliphatic carbocycles. The second-order valence-corrected chi connectivity index (χ2v) is 7.47. The van der Waals surface area contributed by atoms with Gasteiger partial charge in [0.05, 0.1) is 0 Å². The quantitative estimate of drug-likeness (QED) is 0.634. The Kier molecular flexibility index (Phi) is 5.17. The zero-order chi connectivity index (χ0) is 17.8. The van der Waals surface area contributed by atoms with Crippen LogP contribution in [-0.4, -0.2) is 0 Å². The molecule has 3 aromatic carbocycles. The third-order valence-electron chi connectivity index (χ3n) is 5.76. The number of fused-ring (bicyclic) bond motifs is 1. The SMILES string of the molecule is Cc1ccccc1CC1CCc2ccccc2C1NCc1ccccc1. The monoisotopic (exact) mass is 341 g/mol. The molecule has 0 spiro atoms. The molecule has 3 aromatic rings. The summed E-state index contributed by atoms with van der Waals surface area (Å²) in [6.45, 7) is 3.16. The lowest BCUT2D eigenvalue weighted by molar-refractivity contribution is 0.316. The molecular formula is C25H27N. The van der Waals surface area contributed by atoms with Crippen LogP contribution in [0.4, 0.5) is 0 Å².